The predicted molar refractivity (Wildman–Crippen MR) is 47.1 cm³/mol. The summed E-state index contributed by atoms with van der Waals surface area (Å²) in [6.07, 6.45) is -4.63. The maximum Gasteiger partial charge on any atom is 0.419 e. The third-order valence-corrected chi connectivity index (χ3v) is 1.97. The normalized spacial score (nSPS) is 13.9. The molecule has 0 unspecified atom stereocenters. The van der Waals surface area contributed by atoms with Crippen LogP contribution in [-0.2, 0) is 6.18 Å². The Balaban J connectivity index is 3.23. The molecule has 0 heterocycles. The zero-order valence-electron chi connectivity index (χ0n) is 7.62. The third-order valence-electron chi connectivity index (χ3n) is 1.97. The average Bonchev–Trinajstić information content (AvgIpc) is 2.15. The first kappa shape index (κ1) is 11.8. The number of hydrogen-bond acceptors (Lipinski definition) is 3. The Hall–Kier alpha value is -1.27. The highest BCUT2D eigenvalue weighted by Crippen LogP contribution is 2.38. The Morgan fingerprint density at radius 3 is 2.40 bits per heavy atom. The van der Waals surface area contributed by atoms with Crippen LogP contribution in [0.2, 0.25) is 0 Å². The van der Waals surface area contributed by atoms with Gasteiger partial charge < -0.3 is 15.9 Å². The number of aromatic hydroxyl groups is 1. The lowest BCUT2D eigenvalue weighted by Gasteiger charge is -2.15. The molecule has 0 aromatic heterocycles. The highest BCUT2D eigenvalue weighted by molar-refractivity contribution is 5.43. The van der Waals surface area contributed by atoms with E-state index in [0.717, 1.165) is 12.1 Å². The minimum Gasteiger partial charge on any atom is -0.507 e. The van der Waals surface area contributed by atoms with Gasteiger partial charge in [0.25, 0.3) is 0 Å². The highest BCUT2D eigenvalue weighted by atomic mass is 19.4. The van der Waals surface area contributed by atoms with Crippen LogP contribution in [0.4, 0.5) is 13.2 Å². The molecule has 1 aromatic rings. The lowest BCUT2D eigenvalue weighted by Crippen LogP contribution is -2.16. The molecule has 0 aliphatic heterocycles. The van der Waals surface area contributed by atoms with Gasteiger partial charge in [0.2, 0.25) is 0 Å². The van der Waals surface area contributed by atoms with Gasteiger partial charge in [0.1, 0.15) is 5.75 Å². The molecule has 3 nitrogen and oxygen atoms in total. The van der Waals surface area contributed by atoms with Crippen LogP contribution in [0.15, 0.2) is 18.2 Å². The minimum atomic E-state index is -4.63. The summed E-state index contributed by atoms with van der Waals surface area (Å²) in [7, 11) is 0. The number of rotatable bonds is 2. The van der Waals surface area contributed by atoms with Crippen molar-refractivity contribution in [2.24, 2.45) is 5.73 Å². The minimum absolute atomic E-state index is 0.118. The molecule has 0 amide bonds. The first-order chi connectivity index (χ1) is 6.88. The lowest BCUT2D eigenvalue weighted by molar-refractivity contribution is -0.138. The van der Waals surface area contributed by atoms with Crippen LogP contribution in [0, 0.1) is 0 Å². The largest absolute Gasteiger partial charge is 0.507 e. The number of aliphatic hydroxyl groups is 1. The maximum atomic E-state index is 12.3. The van der Waals surface area contributed by atoms with E-state index in [2.05, 4.69) is 0 Å². The van der Waals surface area contributed by atoms with Crippen LogP contribution in [0.25, 0.3) is 0 Å². The van der Waals surface area contributed by atoms with Crippen molar-refractivity contribution in [3.8, 4) is 5.75 Å². The third kappa shape index (κ3) is 2.40. The standard InChI is InChI=1S/C9H10F3NO2/c10-9(11,12)6-3-1-2-5(8(6)15)7(13)4-14/h1-3,7,14-15H,4,13H2/t7-/m1/s1. The van der Waals surface area contributed by atoms with Crippen molar-refractivity contribution in [3.05, 3.63) is 29.3 Å². The summed E-state index contributed by atoms with van der Waals surface area (Å²) < 4.78 is 37.0. The number of aliphatic hydroxyl groups excluding tert-OH is 1. The van der Waals surface area contributed by atoms with E-state index in [1.807, 2.05) is 0 Å². The van der Waals surface area contributed by atoms with E-state index in [-0.39, 0.29) is 5.56 Å². The fourth-order valence-corrected chi connectivity index (χ4v) is 1.19. The number of benzene rings is 1. The van der Waals surface area contributed by atoms with Gasteiger partial charge in [-0.15, -0.1) is 0 Å². The molecule has 1 atom stereocenters. The topological polar surface area (TPSA) is 66.5 Å². The van der Waals surface area contributed by atoms with Gasteiger partial charge in [-0.05, 0) is 6.07 Å². The van der Waals surface area contributed by atoms with Crippen molar-refractivity contribution in [1.29, 1.82) is 0 Å². The van der Waals surface area contributed by atoms with Crippen LogP contribution in [0.3, 0.4) is 0 Å². The van der Waals surface area contributed by atoms with Gasteiger partial charge in [0, 0.05) is 5.56 Å². The molecular weight excluding hydrogens is 211 g/mol. The van der Waals surface area contributed by atoms with Gasteiger partial charge in [-0.1, -0.05) is 12.1 Å². The van der Waals surface area contributed by atoms with E-state index in [9.17, 15) is 18.3 Å². The summed E-state index contributed by atoms with van der Waals surface area (Å²) in [4.78, 5) is 0. The monoisotopic (exact) mass is 221 g/mol. The van der Waals surface area contributed by atoms with E-state index in [1.165, 1.54) is 6.07 Å². The first-order valence-electron chi connectivity index (χ1n) is 4.13. The molecule has 1 aromatic carbocycles. The second kappa shape index (κ2) is 4.08. The number of para-hydroxylation sites is 1. The van der Waals surface area contributed by atoms with Gasteiger partial charge >= 0.3 is 6.18 Å². The SMILES string of the molecule is N[C@H](CO)c1cccc(C(F)(F)F)c1O. The summed E-state index contributed by atoms with van der Waals surface area (Å²) in [6.45, 7) is -0.533. The molecule has 84 valence electrons. The van der Waals surface area contributed by atoms with E-state index >= 15 is 0 Å². The van der Waals surface area contributed by atoms with E-state index in [0.29, 0.717) is 0 Å². The van der Waals surface area contributed by atoms with E-state index < -0.39 is 30.1 Å². The first-order valence-corrected chi connectivity index (χ1v) is 4.13. The van der Waals surface area contributed by atoms with Crippen LogP contribution in [0.1, 0.15) is 17.2 Å². The zero-order chi connectivity index (χ0) is 11.6. The zero-order valence-corrected chi connectivity index (χ0v) is 7.62. The van der Waals surface area contributed by atoms with Gasteiger partial charge in [-0.3, -0.25) is 0 Å². The summed E-state index contributed by atoms with van der Waals surface area (Å²) in [5.74, 6) is -0.924. The second-order valence-corrected chi connectivity index (χ2v) is 3.03. The molecule has 15 heavy (non-hydrogen) atoms. The van der Waals surface area contributed by atoms with Gasteiger partial charge in [-0.25, -0.2) is 0 Å². The fourth-order valence-electron chi connectivity index (χ4n) is 1.19. The Kier molecular flexibility index (Phi) is 3.21. The number of hydrogen-bond donors (Lipinski definition) is 3. The molecule has 0 saturated heterocycles. The Morgan fingerprint density at radius 1 is 1.33 bits per heavy atom. The van der Waals surface area contributed by atoms with Gasteiger partial charge in [0.15, 0.2) is 0 Å². The van der Waals surface area contributed by atoms with Crippen molar-refractivity contribution in [2.75, 3.05) is 6.61 Å². The van der Waals surface area contributed by atoms with Crippen molar-refractivity contribution < 1.29 is 23.4 Å². The average molecular weight is 221 g/mol. The summed E-state index contributed by atoms with van der Waals surface area (Å²) >= 11 is 0. The van der Waals surface area contributed by atoms with Gasteiger partial charge in [0.05, 0.1) is 18.2 Å². The molecule has 6 heteroatoms. The van der Waals surface area contributed by atoms with Crippen molar-refractivity contribution >= 4 is 0 Å². The molecular formula is C9H10F3NO2. The van der Waals surface area contributed by atoms with E-state index in [1.54, 1.807) is 0 Å². The van der Waals surface area contributed by atoms with Crippen LogP contribution < -0.4 is 5.73 Å². The molecule has 4 N–H and O–H groups in total. The molecule has 0 aliphatic carbocycles. The molecule has 0 radical (unpaired) electrons. The number of halogens is 3. The summed E-state index contributed by atoms with van der Waals surface area (Å²) in [5.41, 5.74) is 4.06. The van der Waals surface area contributed by atoms with Crippen LogP contribution in [-0.4, -0.2) is 16.8 Å². The molecule has 0 spiro atoms. The quantitative estimate of drug-likeness (QED) is 0.707. The molecule has 0 aliphatic rings. The van der Waals surface area contributed by atoms with Crippen LogP contribution in [0.5, 0.6) is 5.75 Å². The number of phenolic OH excluding ortho intramolecular Hbond substituents is 1. The number of alkyl halides is 3. The lowest BCUT2D eigenvalue weighted by atomic mass is 10.0. The molecule has 0 bridgehead atoms. The van der Waals surface area contributed by atoms with Crippen LogP contribution >= 0.6 is 0 Å². The Labute approximate surface area is 84.0 Å². The molecule has 1 rings (SSSR count). The predicted octanol–water partition coefficient (Wildman–Crippen LogP) is 1.40. The smallest absolute Gasteiger partial charge is 0.419 e. The Bertz CT molecular complexity index is 352. The van der Waals surface area contributed by atoms with Gasteiger partial charge in [-0.2, -0.15) is 13.2 Å². The van der Waals surface area contributed by atoms with Crippen molar-refractivity contribution in [3.63, 3.8) is 0 Å². The fraction of sp³-hybridized carbons (Fsp3) is 0.333. The van der Waals surface area contributed by atoms with E-state index in [4.69, 9.17) is 10.8 Å². The Morgan fingerprint density at radius 2 is 1.93 bits per heavy atom. The highest BCUT2D eigenvalue weighted by Gasteiger charge is 2.35. The molecule has 0 fully saturated rings. The number of phenols is 1. The maximum absolute atomic E-state index is 12.3. The second-order valence-electron chi connectivity index (χ2n) is 3.03. The summed E-state index contributed by atoms with van der Waals surface area (Å²) in [6, 6.07) is 2.11. The summed E-state index contributed by atoms with van der Waals surface area (Å²) in [5, 5.41) is 18.0. The van der Waals surface area contributed by atoms with Crippen molar-refractivity contribution in [1.82, 2.24) is 0 Å². The number of nitrogens with two attached hydrogens (primary N) is 1. The van der Waals surface area contributed by atoms with Crippen molar-refractivity contribution in [2.45, 2.75) is 12.2 Å². The molecule has 0 saturated carbocycles.